The lowest BCUT2D eigenvalue weighted by atomic mass is 9.91. The Morgan fingerprint density at radius 3 is 2.56 bits per heavy atom. The molecule has 0 saturated heterocycles. The molecule has 1 saturated carbocycles. The number of rotatable bonds is 3. The van der Waals surface area contributed by atoms with Gasteiger partial charge in [0, 0.05) is 18.3 Å². The van der Waals surface area contributed by atoms with Gasteiger partial charge in [0.15, 0.2) is 0 Å². The van der Waals surface area contributed by atoms with Crippen molar-refractivity contribution in [3.63, 3.8) is 0 Å². The predicted octanol–water partition coefficient (Wildman–Crippen LogP) is 2.96. The van der Waals surface area contributed by atoms with Crippen LogP contribution in [0.15, 0.2) is 24.4 Å². The van der Waals surface area contributed by atoms with E-state index in [0.29, 0.717) is 12.3 Å². The van der Waals surface area contributed by atoms with Crippen molar-refractivity contribution >= 4 is 0 Å². The van der Waals surface area contributed by atoms with Crippen molar-refractivity contribution in [2.75, 3.05) is 0 Å². The molecule has 1 atom stereocenters. The highest BCUT2D eigenvalue weighted by Crippen LogP contribution is 2.26. The Morgan fingerprint density at radius 1 is 1.19 bits per heavy atom. The zero-order valence-corrected chi connectivity index (χ0v) is 9.81. The third kappa shape index (κ3) is 3.31. The van der Waals surface area contributed by atoms with Crippen LogP contribution in [0.5, 0.6) is 0 Å². The zero-order valence-electron chi connectivity index (χ0n) is 9.81. The number of aromatic nitrogens is 1. The standard InChI is InChI=1S/C14H21NO/c16-14(11-13-9-5-6-10-15-13)12-7-3-1-2-4-8-12/h5-6,9-10,12,14,16H,1-4,7-8,11H2. The van der Waals surface area contributed by atoms with Crippen molar-refractivity contribution < 1.29 is 5.11 Å². The highest BCUT2D eigenvalue weighted by molar-refractivity contribution is 5.04. The Kier molecular flexibility index (Phi) is 4.34. The summed E-state index contributed by atoms with van der Waals surface area (Å²) in [7, 11) is 0. The van der Waals surface area contributed by atoms with Gasteiger partial charge in [-0.05, 0) is 30.9 Å². The van der Waals surface area contributed by atoms with E-state index in [9.17, 15) is 5.11 Å². The fourth-order valence-corrected chi connectivity index (χ4v) is 2.60. The topological polar surface area (TPSA) is 33.1 Å². The number of aliphatic hydroxyl groups excluding tert-OH is 1. The molecule has 1 N–H and O–H groups in total. The monoisotopic (exact) mass is 219 g/mol. The molecule has 88 valence electrons. The van der Waals surface area contributed by atoms with Crippen LogP contribution >= 0.6 is 0 Å². The second-order valence-corrected chi connectivity index (χ2v) is 4.84. The number of hydrogen-bond acceptors (Lipinski definition) is 2. The second-order valence-electron chi connectivity index (χ2n) is 4.84. The Hall–Kier alpha value is -0.890. The average molecular weight is 219 g/mol. The third-order valence-electron chi connectivity index (χ3n) is 3.59. The molecule has 0 spiro atoms. The van der Waals surface area contributed by atoms with Crippen LogP contribution in [-0.4, -0.2) is 16.2 Å². The lowest BCUT2D eigenvalue weighted by Gasteiger charge is -2.20. The van der Waals surface area contributed by atoms with Gasteiger partial charge < -0.3 is 5.11 Å². The average Bonchev–Trinajstić information content (AvgIpc) is 2.59. The summed E-state index contributed by atoms with van der Waals surface area (Å²) in [5.41, 5.74) is 1.01. The van der Waals surface area contributed by atoms with Gasteiger partial charge in [-0.15, -0.1) is 0 Å². The Bertz CT molecular complexity index is 291. The molecule has 1 heterocycles. The minimum atomic E-state index is -0.201. The fourth-order valence-electron chi connectivity index (χ4n) is 2.60. The molecule has 0 radical (unpaired) electrons. The molecule has 0 bridgehead atoms. The maximum atomic E-state index is 10.2. The molecular formula is C14H21NO. The molecule has 1 aromatic rings. The first kappa shape index (κ1) is 11.6. The van der Waals surface area contributed by atoms with E-state index >= 15 is 0 Å². The number of pyridine rings is 1. The van der Waals surface area contributed by atoms with Gasteiger partial charge in [-0.25, -0.2) is 0 Å². The van der Waals surface area contributed by atoms with Gasteiger partial charge in [0.2, 0.25) is 0 Å². The van der Waals surface area contributed by atoms with E-state index in [1.807, 2.05) is 18.2 Å². The summed E-state index contributed by atoms with van der Waals surface area (Å²) in [5, 5.41) is 10.2. The lowest BCUT2D eigenvalue weighted by molar-refractivity contribution is 0.0977. The molecule has 1 aliphatic rings. The van der Waals surface area contributed by atoms with Crippen molar-refractivity contribution in [3.05, 3.63) is 30.1 Å². The normalized spacial score (nSPS) is 20.3. The van der Waals surface area contributed by atoms with Gasteiger partial charge in [-0.2, -0.15) is 0 Å². The Morgan fingerprint density at radius 2 is 1.94 bits per heavy atom. The Labute approximate surface area is 97.7 Å². The number of nitrogens with zero attached hydrogens (tertiary/aromatic N) is 1. The molecule has 1 unspecified atom stereocenters. The van der Waals surface area contributed by atoms with Gasteiger partial charge in [-0.3, -0.25) is 4.98 Å². The van der Waals surface area contributed by atoms with E-state index in [-0.39, 0.29) is 6.10 Å². The van der Waals surface area contributed by atoms with Crippen LogP contribution in [0.2, 0.25) is 0 Å². The molecule has 1 fully saturated rings. The maximum absolute atomic E-state index is 10.2. The Balaban J connectivity index is 1.89. The molecule has 16 heavy (non-hydrogen) atoms. The van der Waals surface area contributed by atoms with Gasteiger partial charge in [0.05, 0.1) is 6.10 Å². The van der Waals surface area contributed by atoms with Crippen LogP contribution in [-0.2, 0) is 6.42 Å². The predicted molar refractivity (Wildman–Crippen MR) is 65.1 cm³/mol. The zero-order chi connectivity index (χ0) is 11.2. The SMILES string of the molecule is OC(Cc1ccccn1)C1CCCCCC1. The molecular weight excluding hydrogens is 198 g/mol. The fraction of sp³-hybridized carbons (Fsp3) is 0.643. The summed E-state index contributed by atoms with van der Waals surface area (Å²) in [6, 6.07) is 5.91. The maximum Gasteiger partial charge on any atom is 0.0623 e. The van der Waals surface area contributed by atoms with Crippen LogP contribution in [0, 0.1) is 5.92 Å². The molecule has 2 heteroatoms. The summed E-state index contributed by atoms with van der Waals surface area (Å²) < 4.78 is 0. The van der Waals surface area contributed by atoms with Gasteiger partial charge in [0.25, 0.3) is 0 Å². The van der Waals surface area contributed by atoms with Crippen molar-refractivity contribution in [1.29, 1.82) is 0 Å². The third-order valence-corrected chi connectivity index (χ3v) is 3.59. The first-order valence-corrected chi connectivity index (χ1v) is 6.44. The number of hydrogen-bond donors (Lipinski definition) is 1. The lowest BCUT2D eigenvalue weighted by Crippen LogP contribution is -2.22. The molecule has 2 rings (SSSR count). The van der Waals surface area contributed by atoms with Crippen molar-refractivity contribution in [1.82, 2.24) is 4.98 Å². The molecule has 0 aliphatic heterocycles. The molecule has 2 nitrogen and oxygen atoms in total. The summed E-state index contributed by atoms with van der Waals surface area (Å²) in [6.07, 6.45) is 9.93. The summed E-state index contributed by atoms with van der Waals surface area (Å²) in [5.74, 6) is 0.490. The van der Waals surface area contributed by atoms with Gasteiger partial charge >= 0.3 is 0 Å². The van der Waals surface area contributed by atoms with E-state index in [4.69, 9.17) is 0 Å². The minimum absolute atomic E-state index is 0.201. The van der Waals surface area contributed by atoms with Crippen LogP contribution < -0.4 is 0 Å². The van der Waals surface area contributed by atoms with Crippen LogP contribution in [0.4, 0.5) is 0 Å². The highest BCUT2D eigenvalue weighted by Gasteiger charge is 2.20. The van der Waals surface area contributed by atoms with Gasteiger partial charge in [-0.1, -0.05) is 31.7 Å². The molecule has 1 aromatic heterocycles. The first-order chi connectivity index (χ1) is 7.86. The van der Waals surface area contributed by atoms with E-state index in [1.54, 1.807) is 6.20 Å². The van der Waals surface area contributed by atoms with Crippen LogP contribution in [0.25, 0.3) is 0 Å². The van der Waals surface area contributed by atoms with Crippen LogP contribution in [0.3, 0.4) is 0 Å². The highest BCUT2D eigenvalue weighted by atomic mass is 16.3. The van der Waals surface area contributed by atoms with Crippen molar-refractivity contribution in [3.8, 4) is 0 Å². The van der Waals surface area contributed by atoms with E-state index in [1.165, 1.54) is 38.5 Å². The van der Waals surface area contributed by atoms with Crippen LogP contribution in [0.1, 0.15) is 44.2 Å². The minimum Gasteiger partial charge on any atom is -0.392 e. The number of aliphatic hydroxyl groups is 1. The molecule has 1 aliphatic carbocycles. The van der Waals surface area contributed by atoms with E-state index in [0.717, 1.165) is 5.69 Å². The second kappa shape index (κ2) is 6.00. The van der Waals surface area contributed by atoms with E-state index < -0.39 is 0 Å². The largest absolute Gasteiger partial charge is 0.392 e. The van der Waals surface area contributed by atoms with Crippen molar-refractivity contribution in [2.45, 2.75) is 51.0 Å². The molecule has 0 aromatic carbocycles. The molecule has 0 amide bonds. The quantitative estimate of drug-likeness (QED) is 0.793. The summed E-state index contributed by atoms with van der Waals surface area (Å²) >= 11 is 0. The summed E-state index contributed by atoms with van der Waals surface area (Å²) in [6.45, 7) is 0. The summed E-state index contributed by atoms with van der Waals surface area (Å²) in [4.78, 5) is 4.28. The van der Waals surface area contributed by atoms with E-state index in [2.05, 4.69) is 4.98 Å². The van der Waals surface area contributed by atoms with Gasteiger partial charge in [0.1, 0.15) is 0 Å². The van der Waals surface area contributed by atoms with Crippen molar-refractivity contribution in [2.24, 2.45) is 5.92 Å². The smallest absolute Gasteiger partial charge is 0.0623 e. The first-order valence-electron chi connectivity index (χ1n) is 6.44.